The molecule has 92 valence electrons. The molecule has 0 fully saturated rings. The normalized spacial score (nSPS) is 12.9. The zero-order valence-electron chi connectivity index (χ0n) is 9.54. The molecule has 0 saturated heterocycles. The molecule has 0 bridgehead atoms. The van der Waals surface area contributed by atoms with Crippen LogP contribution < -0.4 is 16.3 Å². The van der Waals surface area contributed by atoms with Crippen LogP contribution in [0.1, 0.15) is 16.1 Å². The van der Waals surface area contributed by atoms with Crippen LogP contribution in [-0.2, 0) is 6.42 Å². The molecule has 0 atom stereocenters. The maximum Gasteiger partial charge on any atom is 0.323 e. The average Bonchev–Trinajstić information content (AvgIpc) is 2.96. The Morgan fingerprint density at radius 1 is 1.33 bits per heavy atom. The van der Waals surface area contributed by atoms with Gasteiger partial charge in [-0.3, -0.25) is 4.79 Å². The van der Waals surface area contributed by atoms with Crippen molar-refractivity contribution >= 4 is 17.3 Å². The quantitative estimate of drug-likeness (QED) is 0.633. The van der Waals surface area contributed by atoms with Crippen molar-refractivity contribution in [1.82, 2.24) is 9.97 Å². The Morgan fingerprint density at radius 3 is 3.00 bits per heavy atom. The van der Waals surface area contributed by atoms with Gasteiger partial charge >= 0.3 is 5.69 Å². The van der Waals surface area contributed by atoms with Crippen molar-refractivity contribution in [2.75, 3.05) is 17.2 Å². The molecule has 1 aliphatic heterocycles. The molecule has 0 unspecified atom stereocenters. The molecule has 0 radical (unpaired) electrons. The number of fused-ring (bicyclic) bond motifs is 1. The molecule has 6 heteroatoms. The Labute approximate surface area is 102 Å². The van der Waals surface area contributed by atoms with Gasteiger partial charge in [0.25, 0.3) is 5.91 Å². The number of carbonyl (C=O) groups is 1. The molecule has 2 heterocycles. The smallest absolute Gasteiger partial charge is 0.323 e. The lowest BCUT2D eigenvalue weighted by Crippen LogP contribution is -2.14. The van der Waals surface area contributed by atoms with Gasteiger partial charge in [-0.25, -0.2) is 4.79 Å². The molecule has 1 aromatic carbocycles. The molecule has 1 aliphatic rings. The Balaban J connectivity index is 1.80. The lowest BCUT2D eigenvalue weighted by Gasteiger charge is -2.06. The molecule has 4 N–H and O–H groups in total. The van der Waals surface area contributed by atoms with Crippen LogP contribution in [0.3, 0.4) is 0 Å². The summed E-state index contributed by atoms with van der Waals surface area (Å²) in [6, 6.07) is 5.72. The van der Waals surface area contributed by atoms with Gasteiger partial charge in [-0.1, -0.05) is 0 Å². The van der Waals surface area contributed by atoms with E-state index in [0.29, 0.717) is 0 Å². The Hall–Kier alpha value is -2.50. The van der Waals surface area contributed by atoms with Gasteiger partial charge in [0.05, 0.1) is 0 Å². The summed E-state index contributed by atoms with van der Waals surface area (Å²) in [7, 11) is 0. The number of hydrogen-bond donors (Lipinski definition) is 4. The van der Waals surface area contributed by atoms with Gasteiger partial charge in [0.1, 0.15) is 5.69 Å². The number of nitrogens with one attached hydrogen (secondary N) is 4. The standard InChI is InChI=1S/C12H12N4O2/c17-11(10-6-14-12(18)16-10)15-8-1-2-9-7(5-8)3-4-13-9/h1-2,5-6,13H,3-4H2,(H,15,17)(H2,14,16,18). The second-order valence-corrected chi connectivity index (χ2v) is 4.16. The summed E-state index contributed by atoms with van der Waals surface area (Å²) in [6.07, 6.45) is 2.31. The molecule has 2 aromatic rings. The topological polar surface area (TPSA) is 89.8 Å². The minimum Gasteiger partial charge on any atom is -0.384 e. The number of imidazole rings is 1. The van der Waals surface area contributed by atoms with Crippen LogP contribution >= 0.6 is 0 Å². The third-order valence-corrected chi connectivity index (χ3v) is 2.91. The van der Waals surface area contributed by atoms with E-state index in [1.54, 1.807) is 0 Å². The number of carbonyl (C=O) groups excluding carboxylic acids is 1. The van der Waals surface area contributed by atoms with Crippen molar-refractivity contribution < 1.29 is 4.79 Å². The zero-order chi connectivity index (χ0) is 12.5. The Morgan fingerprint density at radius 2 is 2.22 bits per heavy atom. The Kier molecular flexibility index (Phi) is 2.40. The van der Waals surface area contributed by atoms with E-state index in [4.69, 9.17) is 0 Å². The fraction of sp³-hybridized carbons (Fsp3) is 0.167. The van der Waals surface area contributed by atoms with Crippen molar-refractivity contribution in [3.05, 3.63) is 46.1 Å². The van der Waals surface area contributed by atoms with Gasteiger partial charge in [0, 0.05) is 24.1 Å². The molecule has 0 spiro atoms. The summed E-state index contributed by atoms with van der Waals surface area (Å²) in [5.41, 5.74) is 2.86. The molecule has 3 rings (SSSR count). The molecule has 6 nitrogen and oxygen atoms in total. The van der Waals surface area contributed by atoms with E-state index in [2.05, 4.69) is 20.6 Å². The van der Waals surface area contributed by atoms with Crippen LogP contribution in [0.2, 0.25) is 0 Å². The summed E-state index contributed by atoms with van der Waals surface area (Å²) < 4.78 is 0. The minimum absolute atomic E-state index is 0.221. The summed E-state index contributed by atoms with van der Waals surface area (Å²) in [5.74, 6) is -0.334. The number of aromatic nitrogens is 2. The predicted octanol–water partition coefficient (Wildman–Crippen LogP) is 0.923. The highest BCUT2D eigenvalue weighted by Gasteiger charge is 2.12. The van der Waals surface area contributed by atoms with E-state index in [1.165, 1.54) is 11.8 Å². The largest absolute Gasteiger partial charge is 0.384 e. The highest BCUT2D eigenvalue weighted by atomic mass is 16.2. The molecule has 18 heavy (non-hydrogen) atoms. The van der Waals surface area contributed by atoms with Gasteiger partial charge in [-0.2, -0.15) is 0 Å². The SMILES string of the molecule is O=C(Nc1ccc2c(c1)CCN2)c1c[nH]c(=O)[nH]1. The lowest BCUT2D eigenvalue weighted by molar-refractivity contribution is 0.102. The molecular formula is C12H12N4O2. The summed E-state index contributed by atoms with van der Waals surface area (Å²) in [5, 5.41) is 5.99. The molecular weight excluding hydrogens is 232 g/mol. The number of aromatic amines is 2. The van der Waals surface area contributed by atoms with Crippen molar-refractivity contribution in [2.24, 2.45) is 0 Å². The Bertz CT molecular complexity index is 656. The van der Waals surface area contributed by atoms with Gasteiger partial charge in [0.15, 0.2) is 0 Å². The third-order valence-electron chi connectivity index (χ3n) is 2.91. The number of hydrogen-bond acceptors (Lipinski definition) is 3. The zero-order valence-corrected chi connectivity index (χ0v) is 9.54. The first-order chi connectivity index (χ1) is 8.72. The van der Waals surface area contributed by atoms with Gasteiger partial charge < -0.3 is 20.6 Å². The maximum absolute atomic E-state index is 11.8. The van der Waals surface area contributed by atoms with Crippen molar-refractivity contribution in [2.45, 2.75) is 6.42 Å². The number of amides is 1. The van der Waals surface area contributed by atoms with E-state index in [1.807, 2.05) is 18.2 Å². The summed E-state index contributed by atoms with van der Waals surface area (Å²) in [4.78, 5) is 27.5. The van der Waals surface area contributed by atoms with Gasteiger partial charge in [-0.15, -0.1) is 0 Å². The van der Waals surface area contributed by atoms with Crippen LogP contribution in [0, 0.1) is 0 Å². The predicted molar refractivity (Wildman–Crippen MR) is 68.0 cm³/mol. The summed E-state index contributed by atoms with van der Waals surface area (Å²) >= 11 is 0. The van der Waals surface area contributed by atoms with Crippen LogP contribution in [0.15, 0.2) is 29.2 Å². The van der Waals surface area contributed by atoms with E-state index < -0.39 is 5.69 Å². The third kappa shape index (κ3) is 1.88. The van der Waals surface area contributed by atoms with Crippen molar-refractivity contribution in [3.8, 4) is 0 Å². The fourth-order valence-corrected chi connectivity index (χ4v) is 2.04. The highest BCUT2D eigenvalue weighted by Crippen LogP contribution is 2.25. The van der Waals surface area contributed by atoms with Crippen LogP contribution in [0.25, 0.3) is 0 Å². The monoisotopic (exact) mass is 244 g/mol. The maximum atomic E-state index is 11.8. The van der Waals surface area contributed by atoms with Gasteiger partial charge in [-0.05, 0) is 30.2 Å². The van der Waals surface area contributed by atoms with Crippen molar-refractivity contribution in [3.63, 3.8) is 0 Å². The van der Waals surface area contributed by atoms with Crippen molar-refractivity contribution in [1.29, 1.82) is 0 Å². The van der Waals surface area contributed by atoms with Gasteiger partial charge in [0.2, 0.25) is 0 Å². The van der Waals surface area contributed by atoms with Crippen LogP contribution in [0.4, 0.5) is 11.4 Å². The number of H-pyrrole nitrogens is 2. The summed E-state index contributed by atoms with van der Waals surface area (Å²) in [6.45, 7) is 0.928. The van der Waals surface area contributed by atoms with E-state index in [9.17, 15) is 9.59 Å². The second kappa shape index (κ2) is 4.06. The number of benzene rings is 1. The van der Waals surface area contributed by atoms with Crippen LogP contribution in [-0.4, -0.2) is 22.4 Å². The minimum atomic E-state index is -0.390. The van der Waals surface area contributed by atoms with Crippen LogP contribution in [0.5, 0.6) is 0 Å². The fourth-order valence-electron chi connectivity index (χ4n) is 2.04. The average molecular weight is 244 g/mol. The van der Waals surface area contributed by atoms with E-state index >= 15 is 0 Å². The second-order valence-electron chi connectivity index (χ2n) is 4.16. The molecule has 1 amide bonds. The van der Waals surface area contributed by atoms with E-state index in [0.717, 1.165) is 24.3 Å². The number of anilines is 2. The highest BCUT2D eigenvalue weighted by molar-refractivity contribution is 6.02. The molecule has 0 saturated carbocycles. The lowest BCUT2D eigenvalue weighted by atomic mass is 10.1. The first-order valence-electron chi connectivity index (χ1n) is 5.68. The molecule has 1 aromatic heterocycles. The number of rotatable bonds is 2. The first kappa shape index (κ1) is 10.6. The first-order valence-corrected chi connectivity index (χ1v) is 5.68. The molecule has 0 aliphatic carbocycles. The van der Waals surface area contributed by atoms with E-state index in [-0.39, 0.29) is 11.6 Å².